The van der Waals surface area contributed by atoms with Gasteiger partial charge in [0.1, 0.15) is 0 Å². The van der Waals surface area contributed by atoms with E-state index in [1.807, 2.05) is 36.4 Å². The zero-order chi connectivity index (χ0) is 18.8. The topological polar surface area (TPSA) is 9.86 Å². The minimum absolute atomic E-state index is 1.02. The number of para-hydroxylation sites is 2. The average Bonchev–Trinajstić information content (AvgIpc) is 3.20. The molecule has 28 heavy (non-hydrogen) atoms. The molecule has 0 N–H and O–H groups in total. The summed E-state index contributed by atoms with van der Waals surface area (Å²) in [4.78, 5) is 0. The third-order valence-electron chi connectivity index (χ3n) is 5.56. The number of fused-ring (bicyclic) bond motifs is 6. The van der Waals surface area contributed by atoms with Crippen molar-refractivity contribution < 1.29 is 0 Å². The number of aromatic nitrogens is 2. The van der Waals surface area contributed by atoms with Gasteiger partial charge in [-0.25, -0.2) is 0 Å². The van der Waals surface area contributed by atoms with Crippen molar-refractivity contribution in [3.05, 3.63) is 84.9 Å². The third-order valence-corrected chi connectivity index (χ3v) is 6.29. The number of hydrogen-bond donors (Lipinski definition) is 0. The fourth-order valence-electron chi connectivity index (χ4n) is 4.21. The van der Waals surface area contributed by atoms with Crippen molar-refractivity contribution in [3.63, 3.8) is 0 Å². The molecule has 0 aliphatic rings. The molecule has 0 bridgehead atoms. The van der Waals surface area contributed by atoms with Crippen LogP contribution in [-0.2, 0) is 0 Å². The van der Waals surface area contributed by atoms with Gasteiger partial charge in [-0.2, -0.15) is 0 Å². The average molecular weight is 401 g/mol. The second-order valence-corrected chi connectivity index (χ2v) is 7.74. The van der Waals surface area contributed by atoms with E-state index < -0.39 is 0 Å². The maximum absolute atomic E-state index is 6.53. The molecule has 0 aliphatic heterocycles. The Labute approximate surface area is 171 Å². The third kappa shape index (κ3) is 2.10. The molecular formula is C24H14Cl2N2. The van der Waals surface area contributed by atoms with Crippen LogP contribution in [0.4, 0.5) is 0 Å². The molecule has 0 aliphatic carbocycles. The van der Waals surface area contributed by atoms with Crippen molar-refractivity contribution in [2.24, 2.45) is 0 Å². The zero-order valence-corrected chi connectivity index (χ0v) is 16.2. The Morgan fingerprint density at radius 2 is 0.821 bits per heavy atom. The van der Waals surface area contributed by atoms with E-state index in [0.717, 1.165) is 54.7 Å². The van der Waals surface area contributed by atoms with Crippen LogP contribution in [-0.4, -0.2) is 8.17 Å². The molecule has 0 unspecified atom stereocenters. The largest absolute Gasteiger partial charge is 0.252 e. The summed E-state index contributed by atoms with van der Waals surface area (Å²) in [6.45, 7) is 0. The van der Waals surface area contributed by atoms with E-state index in [2.05, 4.69) is 48.5 Å². The second-order valence-electron chi connectivity index (χ2n) is 7.06. The zero-order valence-electron chi connectivity index (χ0n) is 14.7. The summed E-state index contributed by atoms with van der Waals surface area (Å²) in [6, 6.07) is 29.3. The lowest BCUT2D eigenvalue weighted by Crippen LogP contribution is -1.82. The predicted octanol–water partition coefficient (Wildman–Crippen LogP) is 7.57. The molecular weight excluding hydrogens is 387 g/mol. The molecule has 4 aromatic carbocycles. The Bertz CT molecular complexity index is 1420. The van der Waals surface area contributed by atoms with E-state index in [4.69, 9.17) is 23.6 Å². The normalized spacial score (nSPS) is 11.9. The standard InChI is InChI=1S/C24H14Cl2N2/c25-27-21-7-3-1-5-17(21)19-13-15(9-11-23(19)27)16-10-12-24-20(14-16)18-6-2-4-8-22(18)28(24)26/h1-14H. The van der Waals surface area contributed by atoms with Crippen LogP contribution >= 0.6 is 23.6 Å². The number of hydrogen-bond acceptors (Lipinski definition) is 0. The lowest BCUT2D eigenvalue weighted by molar-refractivity contribution is 1.39. The first-order chi connectivity index (χ1) is 13.7. The van der Waals surface area contributed by atoms with Gasteiger partial charge < -0.3 is 0 Å². The molecule has 4 heteroatoms. The van der Waals surface area contributed by atoms with E-state index in [0.29, 0.717) is 0 Å². The van der Waals surface area contributed by atoms with Crippen LogP contribution in [0.2, 0.25) is 0 Å². The summed E-state index contributed by atoms with van der Waals surface area (Å²) in [5, 5.41) is 4.63. The Morgan fingerprint density at radius 1 is 0.429 bits per heavy atom. The van der Waals surface area contributed by atoms with Gasteiger partial charge in [0.25, 0.3) is 0 Å². The maximum atomic E-state index is 6.53. The van der Waals surface area contributed by atoms with Gasteiger partial charge in [-0.15, -0.1) is 0 Å². The predicted molar refractivity (Wildman–Crippen MR) is 120 cm³/mol. The molecule has 6 rings (SSSR count). The summed E-state index contributed by atoms with van der Waals surface area (Å²) in [7, 11) is 0. The highest BCUT2D eigenvalue weighted by Crippen LogP contribution is 2.36. The minimum atomic E-state index is 1.02. The van der Waals surface area contributed by atoms with E-state index in [1.54, 1.807) is 8.17 Å². The highest BCUT2D eigenvalue weighted by molar-refractivity contribution is 6.27. The molecule has 2 nitrogen and oxygen atoms in total. The molecule has 2 aromatic heterocycles. The van der Waals surface area contributed by atoms with Crippen LogP contribution in [0, 0.1) is 0 Å². The van der Waals surface area contributed by atoms with E-state index in [9.17, 15) is 0 Å². The van der Waals surface area contributed by atoms with E-state index in [-0.39, 0.29) is 0 Å². The van der Waals surface area contributed by atoms with Crippen LogP contribution in [0.15, 0.2) is 84.9 Å². The highest BCUT2D eigenvalue weighted by Gasteiger charge is 2.13. The van der Waals surface area contributed by atoms with Gasteiger partial charge in [-0.05, 0) is 47.5 Å². The molecule has 0 fully saturated rings. The molecule has 6 aromatic rings. The van der Waals surface area contributed by atoms with Crippen LogP contribution < -0.4 is 0 Å². The quantitative estimate of drug-likeness (QED) is 0.269. The van der Waals surface area contributed by atoms with Gasteiger partial charge >= 0.3 is 0 Å². The van der Waals surface area contributed by atoms with Crippen molar-refractivity contribution in [2.45, 2.75) is 0 Å². The molecule has 0 saturated heterocycles. The number of benzene rings is 4. The van der Waals surface area contributed by atoms with Gasteiger partial charge in [0.05, 0.1) is 22.1 Å². The summed E-state index contributed by atoms with van der Waals surface area (Å²) in [5.41, 5.74) is 6.41. The highest BCUT2D eigenvalue weighted by atomic mass is 35.5. The first-order valence-electron chi connectivity index (χ1n) is 9.11. The van der Waals surface area contributed by atoms with Crippen molar-refractivity contribution in [2.75, 3.05) is 0 Å². The van der Waals surface area contributed by atoms with Gasteiger partial charge in [0.15, 0.2) is 0 Å². The van der Waals surface area contributed by atoms with Gasteiger partial charge in [-0.1, -0.05) is 48.5 Å². The van der Waals surface area contributed by atoms with Crippen molar-refractivity contribution >= 4 is 67.2 Å². The molecule has 134 valence electrons. The van der Waals surface area contributed by atoms with Crippen molar-refractivity contribution in [1.29, 1.82) is 0 Å². The lowest BCUT2D eigenvalue weighted by Gasteiger charge is -2.04. The monoisotopic (exact) mass is 400 g/mol. The van der Waals surface area contributed by atoms with Crippen LogP contribution in [0.1, 0.15) is 0 Å². The Hall–Kier alpha value is -2.94. The summed E-state index contributed by atoms with van der Waals surface area (Å²) >= 11 is 13.1. The number of rotatable bonds is 1. The van der Waals surface area contributed by atoms with Crippen molar-refractivity contribution in [3.8, 4) is 11.1 Å². The van der Waals surface area contributed by atoms with Gasteiger partial charge in [0, 0.05) is 45.1 Å². The summed E-state index contributed by atoms with van der Waals surface area (Å²) < 4.78 is 3.47. The molecule has 0 radical (unpaired) electrons. The maximum Gasteiger partial charge on any atom is 0.0661 e. The molecule has 2 heterocycles. The smallest absolute Gasteiger partial charge is 0.0661 e. The molecule has 0 atom stereocenters. The Kier molecular flexibility index (Phi) is 3.31. The van der Waals surface area contributed by atoms with Crippen LogP contribution in [0.5, 0.6) is 0 Å². The van der Waals surface area contributed by atoms with Crippen LogP contribution in [0.3, 0.4) is 0 Å². The molecule has 0 saturated carbocycles. The number of nitrogens with zero attached hydrogens (tertiary/aromatic N) is 2. The molecule has 0 spiro atoms. The summed E-state index contributed by atoms with van der Waals surface area (Å²) in [6.07, 6.45) is 0. The van der Waals surface area contributed by atoms with Crippen LogP contribution in [0.25, 0.3) is 54.7 Å². The Balaban J connectivity index is 1.63. The Morgan fingerprint density at radius 3 is 1.29 bits per heavy atom. The van der Waals surface area contributed by atoms with Gasteiger partial charge in [0.2, 0.25) is 0 Å². The summed E-state index contributed by atoms with van der Waals surface area (Å²) in [5.74, 6) is 0. The van der Waals surface area contributed by atoms with E-state index >= 15 is 0 Å². The lowest BCUT2D eigenvalue weighted by atomic mass is 10.0. The SMILES string of the molecule is Cln1c2ccccc2c2cc(-c3ccc4c(c3)c3ccccc3n4Cl)ccc21. The fourth-order valence-corrected chi connectivity index (χ4v) is 4.80. The number of halogens is 2. The first-order valence-corrected chi connectivity index (χ1v) is 9.79. The van der Waals surface area contributed by atoms with E-state index in [1.165, 1.54) is 0 Å². The minimum Gasteiger partial charge on any atom is -0.252 e. The van der Waals surface area contributed by atoms with Gasteiger partial charge in [-0.3, -0.25) is 8.17 Å². The molecule has 0 amide bonds. The second kappa shape index (κ2) is 5.78. The fraction of sp³-hybridized carbons (Fsp3) is 0. The van der Waals surface area contributed by atoms with Crippen molar-refractivity contribution in [1.82, 2.24) is 8.17 Å². The first kappa shape index (κ1) is 16.1.